The van der Waals surface area contributed by atoms with Gasteiger partial charge in [0, 0.05) is 11.1 Å². The third-order valence-electron chi connectivity index (χ3n) is 2.68. The number of rotatable bonds is 2. The first-order valence-electron chi connectivity index (χ1n) is 5.32. The number of halogens is 3. The molecule has 1 atom stereocenters. The molecule has 96 valence electrons. The summed E-state index contributed by atoms with van der Waals surface area (Å²) in [6.45, 7) is 1.83. The summed E-state index contributed by atoms with van der Waals surface area (Å²) >= 11 is 0. The van der Waals surface area contributed by atoms with Crippen LogP contribution in [0.25, 0.3) is 10.9 Å². The van der Waals surface area contributed by atoms with Crippen molar-refractivity contribution in [3.8, 4) is 0 Å². The number of alkyl halides is 3. The first kappa shape index (κ1) is 12.8. The summed E-state index contributed by atoms with van der Waals surface area (Å²) in [5.41, 5.74) is 3.34. The molecule has 0 bridgehead atoms. The fourth-order valence-corrected chi connectivity index (χ4v) is 1.81. The summed E-state index contributed by atoms with van der Waals surface area (Å²) in [5, 5.41) is 0.655. The van der Waals surface area contributed by atoms with Gasteiger partial charge >= 0.3 is 6.18 Å². The van der Waals surface area contributed by atoms with Crippen LogP contribution >= 0.6 is 0 Å². The first-order valence-corrected chi connectivity index (χ1v) is 5.32. The highest BCUT2D eigenvalue weighted by atomic mass is 19.4. The number of hydrazine groups is 1. The smallest absolute Gasteiger partial charge is 0.271 e. The first-order chi connectivity index (χ1) is 8.41. The highest BCUT2D eigenvalue weighted by molar-refractivity contribution is 5.79. The van der Waals surface area contributed by atoms with Crippen LogP contribution in [0.4, 0.5) is 13.2 Å². The number of hydrogen-bond acceptors (Lipinski definition) is 3. The topological polar surface area (TPSA) is 50.9 Å². The molecule has 1 heterocycles. The maximum Gasteiger partial charge on any atom is 0.409 e. The molecule has 0 radical (unpaired) electrons. The van der Waals surface area contributed by atoms with Crippen molar-refractivity contribution in [2.24, 2.45) is 5.84 Å². The predicted octanol–water partition coefficient (Wildman–Crippen LogP) is 2.61. The van der Waals surface area contributed by atoms with Crippen LogP contribution in [0.2, 0.25) is 0 Å². The quantitative estimate of drug-likeness (QED) is 0.640. The molecule has 0 amide bonds. The van der Waals surface area contributed by atoms with E-state index in [1.165, 1.54) is 12.1 Å². The predicted molar refractivity (Wildman–Crippen MR) is 62.6 cm³/mol. The van der Waals surface area contributed by atoms with Gasteiger partial charge < -0.3 is 0 Å². The molecule has 2 rings (SSSR count). The number of nitrogens with one attached hydrogen (secondary N) is 1. The normalized spacial score (nSPS) is 13.8. The van der Waals surface area contributed by atoms with Crippen molar-refractivity contribution in [2.45, 2.75) is 19.1 Å². The second-order valence-corrected chi connectivity index (χ2v) is 4.05. The summed E-state index contributed by atoms with van der Waals surface area (Å²) in [7, 11) is 0. The van der Waals surface area contributed by atoms with E-state index in [9.17, 15) is 13.2 Å². The number of hydrogen-bond donors (Lipinski definition) is 2. The monoisotopic (exact) mass is 255 g/mol. The largest absolute Gasteiger partial charge is 0.409 e. The van der Waals surface area contributed by atoms with E-state index in [1.807, 2.05) is 6.92 Å². The minimum atomic E-state index is -4.43. The lowest BCUT2D eigenvalue weighted by molar-refractivity contribution is -0.157. The van der Waals surface area contributed by atoms with Gasteiger partial charge in [-0.2, -0.15) is 13.2 Å². The molecule has 0 spiro atoms. The van der Waals surface area contributed by atoms with Crippen LogP contribution in [0.15, 0.2) is 30.3 Å². The van der Waals surface area contributed by atoms with Gasteiger partial charge in [-0.25, -0.2) is 5.43 Å². The summed E-state index contributed by atoms with van der Waals surface area (Å²) in [4.78, 5) is 4.23. The molecular formula is C12H12F3N3. The molecule has 3 N–H and O–H groups in total. The summed E-state index contributed by atoms with van der Waals surface area (Å²) in [5.74, 6) is 4.97. The Kier molecular flexibility index (Phi) is 3.23. The van der Waals surface area contributed by atoms with Crippen molar-refractivity contribution in [3.63, 3.8) is 0 Å². The number of aryl methyl sites for hydroxylation is 1. The van der Waals surface area contributed by atoms with Gasteiger partial charge in [0.15, 0.2) is 0 Å². The number of nitrogens with two attached hydrogens (primary N) is 1. The number of fused-ring (bicyclic) bond motifs is 1. The Labute approximate surface area is 102 Å². The molecule has 1 aromatic carbocycles. The summed E-state index contributed by atoms with van der Waals surface area (Å²) in [6, 6.07) is 6.01. The van der Waals surface area contributed by atoms with Gasteiger partial charge in [-0.15, -0.1) is 0 Å². The van der Waals surface area contributed by atoms with Gasteiger partial charge in [0.05, 0.1) is 5.52 Å². The van der Waals surface area contributed by atoms with Crippen molar-refractivity contribution < 1.29 is 13.2 Å². The molecule has 6 heteroatoms. The average molecular weight is 255 g/mol. The van der Waals surface area contributed by atoms with Crippen LogP contribution in [0.1, 0.15) is 17.3 Å². The molecule has 0 fully saturated rings. The minimum Gasteiger partial charge on any atom is -0.271 e. The standard InChI is InChI=1S/C12H12F3N3/c1-7-2-3-8-6-9(4-5-10(8)17-7)11(18-16)12(13,14)15/h2-6,11,18H,16H2,1H3. The van der Waals surface area contributed by atoms with Gasteiger partial charge in [0.2, 0.25) is 0 Å². The number of aromatic nitrogens is 1. The average Bonchev–Trinajstić information content (AvgIpc) is 2.28. The Morgan fingerprint density at radius 3 is 2.56 bits per heavy atom. The molecule has 0 aliphatic rings. The summed E-state index contributed by atoms with van der Waals surface area (Å²) < 4.78 is 38.1. The van der Waals surface area contributed by atoms with Gasteiger partial charge in [-0.1, -0.05) is 12.1 Å². The van der Waals surface area contributed by atoms with Gasteiger partial charge in [0.25, 0.3) is 0 Å². The second kappa shape index (κ2) is 4.55. The molecule has 2 aromatic rings. The maximum atomic E-state index is 12.7. The van der Waals surface area contributed by atoms with Gasteiger partial charge in [-0.05, 0) is 30.7 Å². The van der Waals surface area contributed by atoms with Crippen LogP contribution in [0.3, 0.4) is 0 Å². The Hall–Kier alpha value is -1.66. The number of nitrogens with zero attached hydrogens (tertiary/aromatic N) is 1. The van der Waals surface area contributed by atoms with Crippen LogP contribution in [0.5, 0.6) is 0 Å². The van der Waals surface area contributed by atoms with Crippen LogP contribution in [0, 0.1) is 6.92 Å². The molecule has 0 aliphatic carbocycles. The molecule has 0 saturated heterocycles. The van der Waals surface area contributed by atoms with Gasteiger partial charge in [0.1, 0.15) is 6.04 Å². The van der Waals surface area contributed by atoms with E-state index in [4.69, 9.17) is 5.84 Å². The molecule has 3 nitrogen and oxygen atoms in total. The van der Waals surface area contributed by atoms with Gasteiger partial charge in [-0.3, -0.25) is 10.8 Å². The third-order valence-corrected chi connectivity index (χ3v) is 2.68. The molecule has 1 aromatic heterocycles. The van der Waals surface area contributed by atoms with E-state index >= 15 is 0 Å². The maximum absolute atomic E-state index is 12.7. The Balaban J connectivity index is 2.49. The van der Waals surface area contributed by atoms with E-state index in [-0.39, 0.29) is 5.56 Å². The Morgan fingerprint density at radius 2 is 1.94 bits per heavy atom. The zero-order valence-corrected chi connectivity index (χ0v) is 9.62. The van der Waals surface area contributed by atoms with Crippen molar-refractivity contribution >= 4 is 10.9 Å². The van der Waals surface area contributed by atoms with Crippen molar-refractivity contribution in [2.75, 3.05) is 0 Å². The van der Waals surface area contributed by atoms with Crippen molar-refractivity contribution in [1.82, 2.24) is 10.4 Å². The van der Waals surface area contributed by atoms with Crippen LogP contribution < -0.4 is 11.3 Å². The Bertz CT molecular complexity index is 566. The molecule has 1 unspecified atom stereocenters. The highest BCUT2D eigenvalue weighted by Gasteiger charge is 2.40. The molecular weight excluding hydrogens is 243 g/mol. The third kappa shape index (κ3) is 2.44. The summed E-state index contributed by atoms with van der Waals surface area (Å²) in [6.07, 6.45) is -4.43. The lowest BCUT2D eigenvalue weighted by atomic mass is 10.0. The second-order valence-electron chi connectivity index (χ2n) is 4.05. The van der Waals surface area contributed by atoms with E-state index in [0.29, 0.717) is 10.9 Å². The van der Waals surface area contributed by atoms with E-state index < -0.39 is 12.2 Å². The minimum absolute atomic E-state index is 0.0724. The molecule has 0 saturated carbocycles. The molecule has 0 aliphatic heterocycles. The van der Waals surface area contributed by atoms with Crippen molar-refractivity contribution in [3.05, 3.63) is 41.6 Å². The zero-order chi connectivity index (χ0) is 13.3. The van der Waals surface area contributed by atoms with E-state index in [0.717, 1.165) is 5.69 Å². The SMILES string of the molecule is Cc1ccc2cc(C(NN)C(F)(F)F)ccc2n1. The fourth-order valence-electron chi connectivity index (χ4n) is 1.81. The lowest BCUT2D eigenvalue weighted by Crippen LogP contribution is -2.38. The van der Waals surface area contributed by atoms with Crippen LogP contribution in [-0.2, 0) is 0 Å². The van der Waals surface area contributed by atoms with Crippen molar-refractivity contribution in [1.29, 1.82) is 0 Å². The molecule has 18 heavy (non-hydrogen) atoms. The number of benzene rings is 1. The lowest BCUT2D eigenvalue weighted by Gasteiger charge is -2.19. The van der Waals surface area contributed by atoms with E-state index in [2.05, 4.69) is 4.98 Å². The van der Waals surface area contributed by atoms with Crippen LogP contribution in [-0.4, -0.2) is 11.2 Å². The number of pyridine rings is 1. The fraction of sp³-hybridized carbons (Fsp3) is 0.250. The Morgan fingerprint density at radius 1 is 1.22 bits per heavy atom. The van der Waals surface area contributed by atoms with E-state index in [1.54, 1.807) is 23.6 Å². The zero-order valence-electron chi connectivity index (χ0n) is 9.62. The highest BCUT2D eigenvalue weighted by Crippen LogP contribution is 2.33.